The van der Waals surface area contributed by atoms with Crippen molar-refractivity contribution in [3.05, 3.63) is 24.0 Å². The lowest BCUT2D eigenvalue weighted by Crippen LogP contribution is -2.12. The molecular weight excluding hydrogens is 230 g/mol. The van der Waals surface area contributed by atoms with Crippen LogP contribution >= 0.6 is 15.9 Å². The molecule has 1 aromatic heterocycles. The third kappa shape index (κ3) is 3.14. The van der Waals surface area contributed by atoms with Gasteiger partial charge in [0.2, 0.25) is 5.95 Å². The van der Waals surface area contributed by atoms with E-state index in [2.05, 4.69) is 25.9 Å². The number of hydrogen-bond acceptors (Lipinski definition) is 3. The summed E-state index contributed by atoms with van der Waals surface area (Å²) in [5.74, 6) is 0.732. The van der Waals surface area contributed by atoms with Crippen molar-refractivity contribution in [1.29, 1.82) is 0 Å². The summed E-state index contributed by atoms with van der Waals surface area (Å²) in [6.07, 6.45) is 7.60. The molecule has 0 aliphatic carbocycles. The normalized spacial score (nSPS) is 10.7. The van der Waals surface area contributed by atoms with E-state index in [1.165, 1.54) is 0 Å². The minimum absolute atomic E-state index is 0.732. The van der Waals surface area contributed by atoms with Crippen molar-refractivity contribution in [2.75, 3.05) is 24.3 Å². The maximum absolute atomic E-state index is 4.18. The molecule has 0 radical (unpaired) electrons. The molecule has 1 heterocycles. The van der Waals surface area contributed by atoms with Gasteiger partial charge in [0.15, 0.2) is 0 Å². The second-order valence-corrected chi connectivity index (χ2v) is 3.41. The highest BCUT2D eigenvalue weighted by molar-refractivity contribution is 9.09. The summed E-state index contributed by atoms with van der Waals surface area (Å²) in [7, 11) is 3.84. The topological polar surface area (TPSA) is 29.0 Å². The van der Waals surface area contributed by atoms with E-state index in [1.54, 1.807) is 0 Å². The molecule has 1 rings (SSSR count). The molecule has 0 aliphatic heterocycles. The molecule has 0 saturated carbocycles. The van der Waals surface area contributed by atoms with Crippen LogP contribution in [0.15, 0.2) is 18.5 Å². The zero-order valence-corrected chi connectivity index (χ0v) is 9.32. The largest absolute Gasteiger partial charge is 0.347 e. The van der Waals surface area contributed by atoms with Crippen LogP contribution in [0.2, 0.25) is 0 Å². The fourth-order valence-corrected chi connectivity index (χ4v) is 1.02. The van der Waals surface area contributed by atoms with E-state index in [1.807, 2.05) is 43.5 Å². The van der Waals surface area contributed by atoms with Crippen molar-refractivity contribution in [3.63, 3.8) is 0 Å². The van der Waals surface area contributed by atoms with Crippen molar-refractivity contribution in [1.82, 2.24) is 9.97 Å². The summed E-state index contributed by atoms with van der Waals surface area (Å²) >= 11 is 3.31. The zero-order chi connectivity index (χ0) is 9.68. The summed E-state index contributed by atoms with van der Waals surface area (Å²) < 4.78 is 0. The highest BCUT2D eigenvalue weighted by Crippen LogP contribution is 2.04. The molecule has 0 aromatic carbocycles. The maximum Gasteiger partial charge on any atom is 0.224 e. The molecule has 13 heavy (non-hydrogen) atoms. The minimum atomic E-state index is 0.732. The van der Waals surface area contributed by atoms with Crippen LogP contribution in [0.4, 0.5) is 5.95 Å². The van der Waals surface area contributed by atoms with E-state index in [9.17, 15) is 0 Å². The summed E-state index contributed by atoms with van der Waals surface area (Å²) in [6, 6.07) is 0. The van der Waals surface area contributed by atoms with E-state index in [0.717, 1.165) is 16.8 Å². The van der Waals surface area contributed by atoms with Crippen molar-refractivity contribution in [2.24, 2.45) is 0 Å². The van der Waals surface area contributed by atoms with Crippen molar-refractivity contribution in [2.45, 2.75) is 0 Å². The highest BCUT2D eigenvalue weighted by atomic mass is 79.9. The van der Waals surface area contributed by atoms with Crippen LogP contribution in [0.3, 0.4) is 0 Å². The molecule has 0 unspecified atom stereocenters. The van der Waals surface area contributed by atoms with Crippen LogP contribution in [0.1, 0.15) is 5.56 Å². The predicted octanol–water partition coefficient (Wildman–Crippen LogP) is 1.95. The molecule has 4 heteroatoms. The van der Waals surface area contributed by atoms with Gasteiger partial charge in [0.05, 0.1) is 0 Å². The number of halogens is 1. The molecule has 0 bridgehead atoms. The summed E-state index contributed by atoms with van der Waals surface area (Å²) in [4.78, 5) is 10.2. The van der Waals surface area contributed by atoms with E-state index >= 15 is 0 Å². The molecule has 0 saturated heterocycles. The Kier molecular flexibility index (Phi) is 3.89. The lowest BCUT2D eigenvalue weighted by Gasteiger charge is -2.08. The Balaban J connectivity index is 2.75. The molecule has 1 aromatic rings. The van der Waals surface area contributed by atoms with E-state index in [-0.39, 0.29) is 0 Å². The van der Waals surface area contributed by atoms with Crippen molar-refractivity contribution < 1.29 is 0 Å². The van der Waals surface area contributed by atoms with Gasteiger partial charge in [-0.2, -0.15) is 0 Å². The van der Waals surface area contributed by atoms with Gasteiger partial charge in [-0.25, -0.2) is 9.97 Å². The maximum atomic E-state index is 4.18. The lowest BCUT2D eigenvalue weighted by molar-refractivity contribution is 0.996. The SMILES string of the molecule is CN(C)c1ncc(C=CCBr)cn1. The molecular formula is C9H12BrN3. The first-order valence-electron chi connectivity index (χ1n) is 3.96. The van der Waals surface area contributed by atoms with Gasteiger partial charge < -0.3 is 4.90 Å². The average Bonchev–Trinajstić information content (AvgIpc) is 2.15. The predicted molar refractivity (Wildman–Crippen MR) is 59.2 cm³/mol. The number of alkyl halides is 1. The molecule has 0 amide bonds. The Bertz CT molecular complexity index is 279. The third-order valence-corrected chi connectivity index (χ3v) is 1.83. The molecule has 0 aliphatic rings. The first-order valence-corrected chi connectivity index (χ1v) is 5.08. The number of hydrogen-bond donors (Lipinski definition) is 0. The quantitative estimate of drug-likeness (QED) is 0.758. The first kappa shape index (κ1) is 10.2. The van der Waals surface area contributed by atoms with Gasteiger partial charge in [-0.1, -0.05) is 28.1 Å². The van der Waals surface area contributed by atoms with E-state index in [4.69, 9.17) is 0 Å². The fourth-order valence-electron chi connectivity index (χ4n) is 0.829. The van der Waals surface area contributed by atoms with Crippen LogP contribution in [0.5, 0.6) is 0 Å². The second-order valence-electron chi connectivity index (χ2n) is 2.77. The number of anilines is 1. The van der Waals surface area contributed by atoms with Gasteiger partial charge in [-0.3, -0.25) is 0 Å². The van der Waals surface area contributed by atoms with Crippen LogP contribution in [-0.4, -0.2) is 29.4 Å². The van der Waals surface area contributed by atoms with Crippen LogP contribution in [-0.2, 0) is 0 Å². The Hall–Kier alpha value is -0.900. The molecule has 0 fully saturated rings. The second kappa shape index (κ2) is 4.97. The summed E-state index contributed by atoms with van der Waals surface area (Å²) in [6.45, 7) is 0. The monoisotopic (exact) mass is 241 g/mol. The number of aromatic nitrogens is 2. The van der Waals surface area contributed by atoms with Gasteiger partial charge in [0.1, 0.15) is 0 Å². The molecule has 70 valence electrons. The van der Waals surface area contributed by atoms with Crippen LogP contribution < -0.4 is 4.90 Å². The van der Waals surface area contributed by atoms with Gasteiger partial charge in [0.25, 0.3) is 0 Å². The molecule has 0 spiro atoms. The first-order chi connectivity index (χ1) is 6.24. The van der Waals surface area contributed by atoms with E-state index in [0.29, 0.717) is 0 Å². The Morgan fingerprint density at radius 2 is 2.00 bits per heavy atom. The van der Waals surface area contributed by atoms with Gasteiger partial charge >= 0.3 is 0 Å². The number of nitrogens with zero attached hydrogens (tertiary/aromatic N) is 3. The van der Waals surface area contributed by atoms with Crippen molar-refractivity contribution >= 4 is 28.0 Å². The van der Waals surface area contributed by atoms with E-state index < -0.39 is 0 Å². The molecule has 0 N–H and O–H groups in total. The Labute approximate surface area is 86.6 Å². The standard InChI is InChI=1S/C9H12BrN3/c1-13(2)9-11-6-8(7-12-9)4-3-5-10/h3-4,6-7H,5H2,1-2H3. The van der Waals surface area contributed by atoms with Gasteiger partial charge in [0, 0.05) is 37.4 Å². The lowest BCUT2D eigenvalue weighted by atomic mass is 10.3. The fraction of sp³-hybridized carbons (Fsp3) is 0.333. The number of allylic oxidation sites excluding steroid dienone is 1. The Morgan fingerprint density at radius 1 is 1.38 bits per heavy atom. The third-order valence-electron chi connectivity index (χ3n) is 1.46. The smallest absolute Gasteiger partial charge is 0.224 e. The van der Waals surface area contributed by atoms with Gasteiger partial charge in [-0.15, -0.1) is 0 Å². The van der Waals surface area contributed by atoms with Crippen LogP contribution in [0.25, 0.3) is 6.08 Å². The number of rotatable bonds is 3. The zero-order valence-electron chi connectivity index (χ0n) is 7.74. The highest BCUT2D eigenvalue weighted by Gasteiger charge is 1.96. The van der Waals surface area contributed by atoms with Gasteiger partial charge in [-0.05, 0) is 0 Å². The molecule has 0 atom stereocenters. The average molecular weight is 242 g/mol. The van der Waals surface area contributed by atoms with Crippen LogP contribution in [0, 0.1) is 0 Å². The minimum Gasteiger partial charge on any atom is -0.347 e. The van der Waals surface area contributed by atoms with Crippen molar-refractivity contribution in [3.8, 4) is 0 Å². The summed E-state index contributed by atoms with van der Waals surface area (Å²) in [5.41, 5.74) is 1.02. The summed E-state index contributed by atoms with van der Waals surface area (Å²) in [5, 5.41) is 0.850. The molecule has 3 nitrogen and oxygen atoms in total. The Morgan fingerprint density at radius 3 is 2.46 bits per heavy atom.